The van der Waals surface area contributed by atoms with E-state index in [9.17, 15) is 26.3 Å². The van der Waals surface area contributed by atoms with Crippen molar-refractivity contribution in [2.75, 3.05) is 0 Å². The largest absolute Gasteiger partial charge is 0.375 e. The summed E-state index contributed by atoms with van der Waals surface area (Å²) in [6.45, 7) is 0. The van der Waals surface area contributed by atoms with Gasteiger partial charge >= 0.3 is 17.8 Å². The highest BCUT2D eigenvalue weighted by molar-refractivity contribution is 5.14. The van der Waals surface area contributed by atoms with Gasteiger partial charge in [-0.15, -0.1) is 0 Å². The molecule has 0 fully saturated rings. The van der Waals surface area contributed by atoms with E-state index in [1.54, 1.807) is 0 Å². The lowest BCUT2D eigenvalue weighted by atomic mass is 9.96. The average Bonchev–Trinajstić information content (AvgIpc) is 1.83. The van der Waals surface area contributed by atoms with E-state index in [1.165, 1.54) is 0 Å². The third kappa shape index (κ3) is 1.01. The monoisotopic (exact) mass is 190 g/mol. The van der Waals surface area contributed by atoms with Gasteiger partial charge in [0, 0.05) is 6.42 Å². The molecule has 0 aromatic heterocycles. The Balaban J connectivity index is 3.13. The fraction of sp³-hybridized carbons (Fsp3) is 0.667. The van der Waals surface area contributed by atoms with Gasteiger partial charge < -0.3 is 0 Å². The molecule has 0 spiro atoms. The molecule has 0 heterocycles. The number of allylic oxidation sites excluding steroid dienone is 2. The lowest BCUT2D eigenvalue weighted by Crippen LogP contribution is -2.54. The van der Waals surface area contributed by atoms with Crippen LogP contribution in [-0.4, -0.2) is 17.8 Å². The average molecular weight is 190 g/mol. The lowest BCUT2D eigenvalue weighted by molar-refractivity contribution is -0.295. The topological polar surface area (TPSA) is 0 Å². The van der Waals surface area contributed by atoms with Crippen LogP contribution in [0.2, 0.25) is 0 Å². The summed E-state index contributed by atoms with van der Waals surface area (Å²) in [6.07, 6.45) is -1.18. The molecule has 0 aromatic rings. The minimum absolute atomic E-state index is 0.190. The van der Waals surface area contributed by atoms with Crippen LogP contribution in [0, 0.1) is 0 Å². The van der Waals surface area contributed by atoms with Crippen molar-refractivity contribution in [3.63, 3.8) is 0 Å². The van der Waals surface area contributed by atoms with Crippen molar-refractivity contribution < 1.29 is 26.3 Å². The molecule has 1 aliphatic carbocycles. The summed E-state index contributed by atoms with van der Waals surface area (Å²) in [4.78, 5) is 0. The second-order valence-corrected chi connectivity index (χ2v) is 2.51. The fourth-order valence-electron chi connectivity index (χ4n) is 0.832. The van der Waals surface area contributed by atoms with Crippen LogP contribution in [0.4, 0.5) is 26.3 Å². The summed E-state index contributed by atoms with van der Waals surface area (Å²) in [7, 11) is 0. The number of hydrogen-bond donors (Lipinski definition) is 0. The number of halogens is 6. The predicted octanol–water partition coefficient (Wildman–Crippen LogP) is 2.85. The second kappa shape index (κ2) is 2.17. The van der Waals surface area contributed by atoms with Crippen molar-refractivity contribution in [3.05, 3.63) is 12.2 Å². The van der Waals surface area contributed by atoms with Crippen molar-refractivity contribution >= 4 is 0 Å². The van der Waals surface area contributed by atoms with Gasteiger partial charge in [0.15, 0.2) is 0 Å². The predicted molar refractivity (Wildman–Crippen MR) is 28.6 cm³/mol. The zero-order valence-corrected chi connectivity index (χ0v) is 5.63. The van der Waals surface area contributed by atoms with E-state index in [2.05, 4.69) is 0 Å². The Bertz CT molecular complexity index is 216. The van der Waals surface area contributed by atoms with Crippen LogP contribution < -0.4 is 0 Å². The molecule has 1 rings (SSSR count). The Morgan fingerprint density at radius 3 is 1.75 bits per heavy atom. The minimum Gasteiger partial charge on any atom is -0.199 e. The first kappa shape index (κ1) is 9.41. The van der Waals surface area contributed by atoms with E-state index < -0.39 is 24.2 Å². The van der Waals surface area contributed by atoms with Crippen molar-refractivity contribution in [2.45, 2.75) is 24.2 Å². The van der Waals surface area contributed by atoms with Crippen molar-refractivity contribution in [1.29, 1.82) is 0 Å². The maximum absolute atomic E-state index is 12.2. The standard InChI is InChI=1S/C6H4F6/c7-4(8)2-1-3-5(9,10)6(4,11)12/h1-2H,3H2. The highest BCUT2D eigenvalue weighted by atomic mass is 19.3. The van der Waals surface area contributed by atoms with Gasteiger partial charge in [-0.3, -0.25) is 0 Å². The van der Waals surface area contributed by atoms with Crippen LogP contribution in [0.5, 0.6) is 0 Å². The van der Waals surface area contributed by atoms with Crippen LogP contribution in [-0.2, 0) is 0 Å². The molecule has 0 unspecified atom stereocenters. The van der Waals surface area contributed by atoms with Gasteiger partial charge in [0.1, 0.15) is 0 Å². The molecule has 0 saturated carbocycles. The Labute approximate surface area is 63.9 Å². The second-order valence-electron chi connectivity index (χ2n) is 2.51. The van der Waals surface area contributed by atoms with E-state index in [0.29, 0.717) is 6.08 Å². The molecular formula is C6H4F6. The summed E-state index contributed by atoms with van der Waals surface area (Å²) in [6, 6.07) is 0. The summed E-state index contributed by atoms with van der Waals surface area (Å²) < 4.78 is 73.1. The number of alkyl halides is 6. The highest BCUT2D eigenvalue weighted by Crippen LogP contribution is 2.50. The molecule has 12 heavy (non-hydrogen) atoms. The Morgan fingerprint density at radius 1 is 0.917 bits per heavy atom. The molecule has 0 saturated heterocycles. The highest BCUT2D eigenvalue weighted by Gasteiger charge is 2.71. The van der Waals surface area contributed by atoms with E-state index in [4.69, 9.17) is 0 Å². The molecule has 0 aliphatic heterocycles. The zero-order chi connectivity index (χ0) is 9.62. The molecule has 0 bridgehead atoms. The molecule has 0 nitrogen and oxygen atoms in total. The molecule has 0 atom stereocenters. The molecule has 0 amide bonds. The summed E-state index contributed by atoms with van der Waals surface area (Å²) in [5, 5.41) is 0. The number of rotatable bonds is 0. The third-order valence-corrected chi connectivity index (χ3v) is 1.58. The van der Waals surface area contributed by atoms with Gasteiger partial charge in [0.2, 0.25) is 0 Å². The maximum atomic E-state index is 12.2. The van der Waals surface area contributed by atoms with Crippen molar-refractivity contribution in [1.82, 2.24) is 0 Å². The minimum atomic E-state index is -5.28. The van der Waals surface area contributed by atoms with Crippen LogP contribution in [0.15, 0.2) is 12.2 Å². The van der Waals surface area contributed by atoms with Crippen LogP contribution in [0.1, 0.15) is 6.42 Å². The zero-order valence-electron chi connectivity index (χ0n) is 5.63. The summed E-state index contributed by atoms with van der Waals surface area (Å²) in [5.41, 5.74) is 0. The summed E-state index contributed by atoms with van der Waals surface area (Å²) in [5.74, 6) is -14.7. The van der Waals surface area contributed by atoms with E-state index in [0.717, 1.165) is 0 Å². The molecule has 1 aliphatic rings. The van der Waals surface area contributed by atoms with E-state index in [1.807, 2.05) is 0 Å². The van der Waals surface area contributed by atoms with E-state index >= 15 is 0 Å². The summed E-state index contributed by atoms with van der Waals surface area (Å²) >= 11 is 0. The van der Waals surface area contributed by atoms with Gasteiger partial charge in [-0.05, 0) is 6.08 Å². The fourth-order valence-corrected chi connectivity index (χ4v) is 0.832. The van der Waals surface area contributed by atoms with Crippen molar-refractivity contribution in [3.8, 4) is 0 Å². The van der Waals surface area contributed by atoms with Crippen LogP contribution >= 0.6 is 0 Å². The van der Waals surface area contributed by atoms with E-state index in [-0.39, 0.29) is 6.08 Å². The molecule has 0 aromatic carbocycles. The quantitative estimate of drug-likeness (QED) is 0.407. The molecular weight excluding hydrogens is 186 g/mol. The maximum Gasteiger partial charge on any atom is 0.375 e. The normalized spacial score (nSPS) is 30.2. The molecule has 70 valence electrons. The van der Waals surface area contributed by atoms with Gasteiger partial charge in [-0.1, -0.05) is 6.08 Å². The van der Waals surface area contributed by atoms with Gasteiger partial charge in [0.05, 0.1) is 0 Å². The molecule has 6 heteroatoms. The number of hydrogen-bond acceptors (Lipinski definition) is 0. The first-order valence-electron chi connectivity index (χ1n) is 3.02. The Hall–Kier alpha value is -0.680. The Kier molecular flexibility index (Phi) is 1.70. The van der Waals surface area contributed by atoms with Crippen molar-refractivity contribution in [2.24, 2.45) is 0 Å². The van der Waals surface area contributed by atoms with Gasteiger partial charge in [-0.25, -0.2) is 0 Å². The molecule has 0 radical (unpaired) electrons. The lowest BCUT2D eigenvalue weighted by Gasteiger charge is -2.33. The first-order valence-corrected chi connectivity index (χ1v) is 3.02. The van der Waals surface area contributed by atoms with Crippen LogP contribution in [0.3, 0.4) is 0 Å². The third-order valence-electron chi connectivity index (χ3n) is 1.58. The van der Waals surface area contributed by atoms with Gasteiger partial charge in [-0.2, -0.15) is 26.3 Å². The molecule has 0 N–H and O–H groups in total. The first-order chi connectivity index (χ1) is 5.21. The van der Waals surface area contributed by atoms with Gasteiger partial charge in [0.25, 0.3) is 0 Å². The smallest absolute Gasteiger partial charge is 0.199 e. The SMILES string of the molecule is FC1(F)C=CCC(F)(F)C1(F)F. The van der Waals surface area contributed by atoms with Crippen LogP contribution in [0.25, 0.3) is 0 Å². The Morgan fingerprint density at radius 2 is 1.42 bits per heavy atom.